The number of hydrogen-bond donors (Lipinski definition) is 2. The molecule has 5 heteroatoms. The number of carbonyl (C=O) groups is 2. The number of carbonyl (C=O) groups excluding carboxylic acids is 2. The van der Waals surface area contributed by atoms with Crippen molar-refractivity contribution in [1.29, 1.82) is 0 Å². The van der Waals surface area contributed by atoms with Crippen LogP contribution in [0.5, 0.6) is 0 Å². The molecule has 5 nitrogen and oxygen atoms in total. The van der Waals surface area contributed by atoms with Gasteiger partial charge in [-0.3, -0.25) is 10.1 Å². The third kappa shape index (κ3) is 7.01. The van der Waals surface area contributed by atoms with Gasteiger partial charge < -0.3 is 10.6 Å². The molecule has 0 saturated heterocycles. The monoisotopic (exact) mass is 172 g/mol. The lowest BCUT2D eigenvalue weighted by Gasteiger charge is -2.07. The minimum atomic E-state index is -0.818. The summed E-state index contributed by atoms with van der Waals surface area (Å²) < 4.78 is 0. The van der Waals surface area contributed by atoms with E-state index in [1.54, 1.807) is 0 Å². The fourth-order valence-electron chi connectivity index (χ4n) is 0.626. The van der Waals surface area contributed by atoms with E-state index < -0.39 is 11.9 Å². The van der Waals surface area contributed by atoms with Gasteiger partial charge >= 0.3 is 6.03 Å². The molecule has 12 heavy (non-hydrogen) atoms. The summed E-state index contributed by atoms with van der Waals surface area (Å²) in [5.41, 5.74) is 4.72. The van der Waals surface area contributed by atoms with Gasteiger partial charge in [-0.05, 0) is 27.1 Å². The number of nitrogens with two attached hydrogens (primary N) is 1. The van der Waals surface area contributed by atoms with Crippen LogP contribution in [0.15, 0.2) is 0 Å². The second kappa shape index (κ2) is 5.54. The molecule has 0 fully saturated rings. The molecule has 69 valence electrons. The zero-order valence-electron chi connectivity index (χ0n) is 7.33. The van der Waals surface area contributed by atoms with Crippen LogP contribution in [0.2, 0.25) is 0 Å². The van der Waals surface area contributed by atoms with Crippen molar-refractivity contribution in [3.63, 3.8) is 0 Å². The molecule has 0 saturated carbocycles. The Kier molecular flexibility index (Phi) is 5.03. The van der Waals surface area contributed by atoms with E-state index in [2.05, 4.69) is 0 Å². The van der Waals surface area contributed by atoms with Gasteiger partial charge in [-0.15, -0.1) is 0 Å². The quantitative estimate of drug-likeness (QED) is 0.591. The fourth-order valence-corrected chi connectivity index (χ4v) is 0.626. The lowest BCUT2D eigenvalue weighted by Crippen LogP contribution is -2.35. The zero-order chi connectivity index (χ0) is 9.56. The maximum Gasteiger partial charge on any atom is 0.318 e. The molecule has 0 atom stereocenters. The van der Waals surface area contributed by atoms with E-state index in [1.807, 2.05) is 24.3 Å². The molecule has 0 unspecified atom stereocenters. The standard InChI is InChI=1S/C7H14N3O2/c1-10(2)5-3-4-6(11)9-7(8)12/h4H,3,5H2,1-2H3,(H3,8,9,11,12). The van der Waals surface area contributed by atoms with E-state index in [4.69, 9.17) is 5.73 Å². The number of nitrogens with one attached hydrogen (secondary N) is 1. The molecule has 0 aliphatic rings. The van der Waals surface area contributed by atoms with Crippen molar-refractivity contribution in [1.82, 2.24) is 10.2 Å². The third-order valence-corrected chi connectivity index (χ3v) is 1.15. The molecular weight excluding hydrogens is 158 g/mol. The number of rotatable bonds is 4. The van der Waals surface area contributed by atoms with Crippen LogP contribution in [0.4, 0.5) is 4.79 Å². The number of nitrogens with zero attached hydrogens (tertiary/aromatic N) is 1. The molecular formula is C7H14N3O2. The summed E-state index contributed by atoms with van der Waals surface area (Å²) in [6, 6.07) is -0.818. The number of primary amides is 1. The Morgan fingerprint density at radius 3 is 2.50 bits per heavy atom. The Bertz CT molecular complexity index is 168. The Labute approximate surface area is 71.9 Å². The van der Waals surface area contributed by atoms with Crippen LogP contribution >= 0.6 is 0 Å². The minimum Gasteiger partial charge on any atom is -0.351 e. The average Bonchev–Trinajstić information content (AvgIpc) is 1.84. The van der Waals surface area contributed by atoms with E-state index in [1.165, 1.54) is 6.42 Å². The minimum absolute atomic E-state index is 0.440. The maximum atomic E-state index is 10.7. The highest BCUT2D eigenvalue weighted by molar-refractivity contribution is 5.97. The highest BCUT2D eigenvalue weighted by Crippen LogP contribution is 1.88. The van der Waals surface area contributed by atoms with Crippen molar-refractivity contribution in [2.45, 2.75) is 6.42 Å². The van der Waals surface area contributed by atoms with Crippen molar-refractivity contribution in [2.24, 2.45) is 5.73 Å². The third-order valence-electron chi connectivity index (χ3n) is 1.15. The smallest absolute Gasteiger partial charge is 0.318 e. The summed E-state index contributed by atoms with van der Waals surface area (Å²) in [6.07, 6.45) is 2.00. The van der Waals surface area contributed by atoms with Gasteiger partial charge in [-0.25, -0.2) is 4.79 Å². The van der Waals surface area contributed by atoms with Crippen LogP contribution in [-0.2, 0) is 4.79 Å². The highest BCUT2D eigenvalue weighted by atomic mass is 16.2. The Hall–Kier alpha value is -1.10. The van der Waals surface area contributed by atoms with Gasteiger partial charge in [-0.2, -0.15) is 0 Å². The molecule has 0 aromatic carbocycles. The van der Waals surface area contributed by atoms with E-state index in [-0.39, 0.29) is 0 Å². The van der Waals surface area contributed by atoms with Gasteiger partial charge in [0.2, 0.25) is 5.91 Å². The maximum absolute atomic E-state index is 10.7. The van der Waals surface area contributed by atoms with Gasteiger partial charge in [0, 0.05) is 0 Å². The molecule has 1 radical (unpaired) electrons. The Morgan fingerprint density at radius 1 is 1.50 bits per heavy atom. The normalized spacial score (nSPS) is 9.92. The zero-order valence-corrected chi connectivity index (χ0v) is 7.33. The Morgan fingerprint density at radius 2 is 2.08 bits per heavy atom. The first-order chi connectivity index (χ1) is 5.52. The van der Waals surface area contributed by atoms with Crippen LogP contribution in [0.3, 0.4) is 0 Å². The molecule has 3 amide bonds. The molecule has 0 spiro atoms. The molecule has 0 aliphatic carbocycles. The van der Waals surface area contributed by atoms with E-state index >= 15 is 0 Å². The van der Waals surface area contributed by atoms with Crippen LogP contribution in [0.1, 0.15) is 6.42 Å². The molecule has 0 aromatic rings. The summed E-state index contributed by atoms with van der Waals surface area (Å²) in [4.78, 5) is 22.9. The molecule has 0 rings (SSSR count). The predicted molar refractivity (Wildman–Crippen MR) is 45.2 cm³/mol. The second-order valence-corrected chi connectivity index (χ2v) is 2.65. The van der Waals surface area contributed by atoms with Crippen molar-refractivity contribution in [2.75, 3.05) is 20.6 Å². The molecule has 0 aromatic heterocycles. The van der Waals surface area contributed by atoms with Crippen molar-refractivity contribution in [3.05, 3.63) is 6.42 Å². The molecule has 0 aliphatic heterocycles. The van der Waals surface area contributed by atoms with Crippen molar-refractivity contribution < 1.29 is 9.59 Å². The van der Waals surface area contributed by atoms with Gasteiger partial charge in [0.1, 0.15) is 0 Å². The fraction of sp³-hybridized carbons (Fsp3) is 0.571. The molecule has 0 bridgehead atoms. The predicted octanol–water partition coefficient (Wildman–Crippen LogP) is -0.663. The summed E-state index contributed by atoms with van der Waals surface area (Å²) >= 11 is 0. The summed E-state index contributed by atoms with van der Waals surface area (Å²) in [6.45, 7) is 0.770. The van der Waals surface area contributed by atoms with Crippen LogP contribution in [0.25, 0.3) is 0 Å². The van der Waals surface area contributed by atoms with E-state index in [0.717, 1.165) is 6.54 Å². The first-order valence-electron chi connectivity index (χ1n) is 3.60. The average molecular weight is 172 g/mol. The lowest BCUT2D eigenvalue weighted by molar-refractivity contribution is -0.116. The number of urea groups is 1. The summed E-state index contributed by atoms with van der Waals surface area (Å²) in [5, 5.41) is 1.94. The largest absolute Gasteiger partial charge is 0.351 e. The summed E-state index contributed by atoms with van der Waals surface area (Å²) in [5.74, 6) is -0.440. The lowest BCUT2D eigenvalue weighted by atomic mass is 10.3. The van der Waals surface area contributed by atoms with E-state index in [0.29, 0.717) is 6.42 Å². The molecule has 0 heterocycles. The van der Waals surface area contributed by atoms with Crippen LogP contribution < -0.4 is 11.1 Å². The van der Waals surface area contributed by atoms with Crippen molar-refractivity contribution >= 4 is 11.9 Å². The number of hydrogen-bond acceptors (Lipinski definition) is 3. The summed E-state index contributed by atoms with van der Waals surface area (Å²) in [7, 11) is 3.81. The van der Waals surface area contributed by atoms with Crippen molar-refractivity contribution in [3.8, 4) is 0 Å². The molecule has 3 N–H and O–H groups in total. The SMILES string of the molecule is CN(C)CC[CH]C(=O)NC(N)=O. The van der Waals surface area contributed by atoms with Gasteiger partial charge in [0.15, 0.2) is 0 Å². The topological polar surface area (TPSA) is 75.4 Å². The van der Waals surface area contributed by atoms with Crippen LogP contribution in [-0.4, -0.2) is 37.5 Å². The van der Waals surface area contributed by atoms with Gasteiger partial charge in [0.25, 0.3) is 0 Å². The van der Waals surface area contributed by atoms with Gasteiger partial charge in [-0.1, -0.05) is 0 Å². The second-order valence-electron chi connectivity index (χ2n) is 2.65. The number of amides is 3. The van der Waals surface area contributed by atoms with E-state index in [9.17, 15) is 9.59 Å². The first kappa shape index (κ1) is 10.9. The highest BCUT2D eigenvalue weighted by Gasteiger charge is 2.03. The Balaban J connectivity index is 3.38. The first-order valence-corrected chi connectivity index (χ1v) is 3.60. The van der Waals surface area contributed by atoms with Gasteiger partial charge in [0.05, 0.1) is 6.42 Å². The van der Waals surface area contributed by atoms with Crippen LogP contribution in [0, 0.1) is 6.42 Å². The number of imide groups is 1.